The Bertz CT molecular complexity index is 711. The number of hydrogen-bond donors (Lipinski definition) is 1. The molecule has 1 aromatic heterocycles. The lowest BCUT2D eigenvalue weighted by atomic mass is 9.94. The quantitative estimate of drug-likeness (QED) is 0.768. The van der Waals surface area contributed by atoms with E-state index < -0.39 is 0 Å². The molecule has 0 radical (unpaired) electrons. The lowest BCUT2D eigenvalue weighted by molar-refractivity contribution is 0.0948. The number of aromatic nitrogens is 1. The standard InChI is InChI=1S/C20H24BrN3O2/c1-24-12-9-15(10-13-24)8-11-22-20(25)16-2-7-19(23-14-16)26-18-5-3-17(21)4-6-18/h2-7,14-15H,8-13H2,1H3,(H,22,25). The van der Waals surface area contributed by atoms with Crippen molar-refractivity contribution in [2.24, 2.45) is 5.92 Å². The monoisotopic (exact) mass is 417 g/mol. The minimum atomic E-state index is -0.0828. The Morgan fingerprint density at radius 3 is 2.62 bits per heavy atom. The number of pyridine rings is 1. The number of nitrogens with zero attached hydrogens (tertiary/aromatic N) is 2. The highest BCUT2D eigenvalue weighted by Gasteiger charge is 2.16. The average molecular weight is 418 g/mol. The topological polar surface area (TPSA) is 54.5 Å². The van der Waals surface area contributed by atoms with Crippen molar-refractivity contribution >= 4 is 21.8 Å². The van der Waals surface area contributed by atoms with Gasteiger partial charge < -0.3 is 15.0 Å². The van der Waals surface area contributed by atoms with E-state index in [0.717, 1.165) is 24.0 Å². The lowest BCUT2D eigenvalue weighted by Gasteiger charge is -2.28. The summed E-state index contributed by atoms with van der Waals surface area (Å²) in [4.78, 5) is 18.8. The van der Waals surface area contributed by atoms with E-state index in [4.69, 9.17) is 4.74 Å². The summed E-state index contributed by atoms with van der Waals surface area (Å²) >= 11 is 3.39. The molecule has 138 valence electrons. The smallest absolute Gasteiger partial charge is 0.252 e. The van der Waals surface area contributed by atoms with Crippen molar-refractivity contribution in [3.05, 3.63) is 52.6 Å². The van der Waals surface area contributed by atoms with Gasteiger partial charge in [-0.05, 0) is 75.6 Å². The predicted octanol–water partition coefficient (Wildman–Crippen LogP) is 4.10. The molecule has 0 aliphatic carbocycles. The molecule has 3 rings (SSSR count). The van der Waals surface area contributed by atoms with Crippen molar-refractivity contribution in [1.29, 1.82) is 0 Å². The summed E-state index contributed by atoms with van der Waals surface area (Å²) in [6, 6.07) is 11.0. The fraction of sp³-hybridized carbons (Fsp3) is 0.400. The number of nitrogens with one attached hydrogen (secondary N) is 1. The van der Waals surface area contributed by atoms with Gasteiger partial charge >= 0.3 is 0 Å². The molecular weight excluding hydrogens is 394 g/mol. The van der Waals surface area contributed by atoms with Crippen LogP contribution in [0.5, 0.6) is 11.6 Å². The zero-order valence-corrected chi connectivity index (χ0v) is 16.5. The molecule has 1 aromatic carbocycles. The predicted molar refractivity (Wildman–Crippen MR) is 106 cm³/mol. The molecule has 0 spiro atoms. The highest BCUT2D eigenvalue weighted by Crippen LogP contribution is 2.22. The molecule has 0 atom stereocenters. The molecule has 1 N–H and O–H groups in total. The van der Waals surface area contributed by atoms with Crippen LogP contribution in [0.15, 0.2) is 47.1 Å². The van der Waals surface area contributed by atoms with Gasteiger partial charge in [0.2, 0.25) is 5.88 Å². The summed E-state index contributed by atoms with van der Waals surface area (Å²) in [7, 11) is 2.16. The molecule has 2 heterocycles. The Kier molecular flexibility index (Phi) is 6.63. The molecule has 0 unspecified atom stereocenters. The van der Waals surface area contributed by atoms with Crippen LogP contribution in [0.2, 0.25) is 0 Å². The van der Waals surface area contributed by atoms with Crippen molar-refractivity contribution in [2.45, 2.75) is 19.3 Å². The highest BCUT2D eigenvalue weighted by atomic mass is 79.9. The first-order chi connectivity index (χ1) is 12.6. The maximum Gasteiger partial charge on any atom is 0.252 e. The first kappa shape index (κ1) is 18.9. The van der Waals surface area contributed by atoms with Gasteiger partial charge in [0.15, 0.2) is 0 Å². The molecule has 0 saturated carbocycles. The summed E-state index contributed by atoms with van der Waals surface area (Å²) in [5, 5.41) is 2.99. The van der Waals surface area contributed by atoms with Crippen LogP contribution < -0.4 is 10.1 Å². The summed E-state index contributed by atoms with van der Waals surface area (Å²) in [6.45, 7) is 3.02. The van der Waals surface area contributed by atoms with E-state index in [1.165, 1.54) is 12.8 Å². The van der Waals surface area contributed by atoms with E-state index in [2.05, 4.69) is 38.2 Å². The Labute approximate surface area is 162 Å². The number of piperidine rings is 1. The molecule has 1 aliphatic rings. The van der Waals surface area contributed by atoms with Crippen LogP contribution in [-0.2, 0) is 0 Å². The fourth-order valence-corrected chi connectivity index (χ4v) is 3.31. The molecule has 0 bridgehead atoms. The Morgan fingerprint density at radius 2 is 1.96 bits per heavy atom. The first-order valence-corrected chi connectivity index (χ1v) is 9.75. The summed E-state index contributed by atoms with van der Waals surface area (Å²) in [5.74, 6) is 1.80. The molecular formula is C20H24BrN3O2. The number of likely N-dealkylation sites (tertiary alicyclic amines) is 1. The molecule has 26 heavy (non-hydrogen) atoms. The van der Waals surface area contributed by atoms with E-state index in [0.29, 0.717) is 29.7 Å². The third-order valence-electron chi connectivity index (χ3n) is 4.71. The van der Waals surface area contributed by atoms with Gasteiger partial charge in [-0.15, -0.1) is 0 Å². The zero-order valence-electron chi connectivity index (χ0n) is 15.0. The van der Waals surface area contributed by atoms with Crippen molar-refractivity contribution in [2.75, 3.05) is 26.7 Å². The second-order valence-electron chi connectivity index (χ2n) is 6.73. The van der Waals surface area contributed by atoms with Gasteiger partial charge in [-0.2, -0.15) is 0 Å². The van der Waals surface area contributed by atoms with Crippen molar-refractivity contribution < 1.29 is 9.53 Å². The summed E-state index contributed by atoms with van der Waals surface area (Å²) in [6.07, 6.45) is 5.03. The van der Waals surface area contributed by atoms with Crippen LogP contribution in [0, 0.1) is 5.92 Å². The second kappa shape index (κ2) is 9.14. The van der Waals surface area contributed by atoms with E-state index in [-0.39, 0.29) is 5.91 Å². The number of amides is 1. The number of carbonyl (C=O) groups is 1. The number of rotatable bonds is 6. The summed E-state index contributed by atoms with van der Waals surface area (Å²) < 4.78 is 6.66. The molecule has 5 nitrogen and oxygen atoms in total. The van der Waals surface area contributed by atoms with Gasteiger partial charge in [0.05, 0.1) is 5.56 Å². The van der Waals surface area contributed by atoms with E-state index in [9.17, 15) is 4.79 Å². The zero-order chi connectivity index (χ0) is 18.4. The van der Waals surface area contributed by atoms with Crippen LogP contribution in [0.25, 0.3) is 0 Å². The highest BCUT2D eigenvalue weighted by molar-refractivity contribution is 9.10. The third kappa shape index (κ3) is 5.54. The third-order valence-corrected chi connectivity index (χ3v) is 5.24. The van der Waals surface area contributed by atoms with Crippen LogP contribution >= 0.6 is 15.9 Å². The van der Waals surface area contributed by atoms with Crippen LogP contribution in [-0.4, -0.2) is 42.5 Å². The van der Waals surface area contributed by atoms with Crippen molar-refractivity contribution in [1.82, 2.24) is 15.2 Å². The van der Waals surface area contributed by atoms with Gasteiger partial charge in [-0.1, -0.05) is 15.9 Å². The maximum atomic E-state index is 12.2. The fourth-order valence-electron chi connectivity index (χ4n) is 3.04. The minimum Gasteiger partial charge on any atom is -0.439 e. The number of benzene rings is 1. The molecule has 1 aliphatic heterocycles. The Balaban J connectivity index is 1.45. The maximum absolute atomic E-state index is 12.2. The summed E-state index contributed by atoms with van der Waals surface area (Å²) in [5.41, 5.74) is 0.552. The number of carbonyl (C=O) groups excluding carboxylic acids is 1. The number of ether oxygens (including phenoxy) is 1. The van der Waals surface area contributed by atoms with Gasteiger partial charge in [0.25, 0.3) is 5.91 Å². The molecule has 1 fully saturated rings. The lowest BCUT2D eigenvalue weighted by Crippen LogP contribution is -2.32. The van der Waals surface area contributed by atoms with E-state index in [1.807, 2.05) is 24.3 Å². The SMILES string of the molecule is CN1CCC(CCNC(=O)c2ccc(Oc3ccc(Br)cc3)nc2)CC1. The van der Waals surface area contributed by atoms with E-state index >= 15 is 0 Å². The Morgan fingerprint density at radius 1 is 1.23 bits per heavy atom. The van der Waals surface area contributed by atoms with Gasteiger partial charge in [0.1, 0.15) is 5.75 Å². The molecule has 1 amide bonds. The molecule has 2 aromatic rings. The average Bonchev–Trinajstić information content (AvgIpc) is 2.66. The number of hydrogen-bond acceptors (Lipinski definition) is 4. The van der Waals surface area contributed by atoms with Crippen LogP contribution in [0.1, 0.15) is 29.6 Å². The van der Waals surface area contributed by atoms with Gasteiger partial charge in [-0.3, -0.25) is 4.79 Å². The number of halogens is 1. The van der Waals surface area contributed by atoms with Crippen LogP contribution in [0.4, 0.5) is 0 Å². The normalized spacial score (nSPS) is 15.6. The van der Waals surface area contributed by atoms with Crippen molar-refractivity contribution in [3.63, 3.8) is 0 Å². The first-order valence-electron chi connectivity index (χ1n) is 8.96. The van der Waals surface area contributed by atoms with Gasteiger partial charge in [0, 0.05) is 23.3 Å². The van der Waals surface area contributed by atoms with Gasteiger partial charge in [-0.25, -0.2) is 4.98 Å². The van der Waals surface area contributed by atoms with E-state index in [1.54, 1.807) is 18.3 Å². The molecule has 1 saturated heterocycles. The second-order valence-corrected chi connectivity index (χ2v) is 7.65. The van der Waals surface area contributed by atoms with Crippen molar-refractivity contribution in [3.8, 4) is 11.6 Å². The Hall–Kier alpha value is -1.92. The molecule has 6 heteroatoms. The van der Waals surface area contributed by atoms with Crippen LogP contribution in [0.3, 0.4) is 0 Å². The minimum absolute atomic E-state index is 0.0828. The largest absolute Gasteiger partial charge is 0.439 e.